The Morgan fingerprint density at radius 3 is 2.32 bits per heavy atom. The van der Waals surface area contributed by atoms with Gasteiger partial charge in [0.1, 0.15) is 18.1 Å². The summed E-state index contributed by atoms with van der Waals surface area (Å²) >= 11 is 1.69. The van der Waals surface area contributed by atoms with E-state index in [2.05, 4.69) is 5.32 Å². The molecule has 6 nitrogen and oxygen atoms in total. The first kappa shape index (κ1) is 25.6. The van der Waals surface area contributed by atoms with Gasteiger partial charge in [0.15, 0.2) is 0 Å². The Labute approximate surface area is 204 Å². The molecule has 0 saturated heterocycles. The second-order valence-electron chi connectivity index (χ2n) is 7.41. The molecule has 1 amide bonds. The number of nitrogens with zero attached hydrogens (tertiary/aromatic N) is 1. The Kier molecular flexibility index (Phi) is 9.35. The van der Waals surface area contributed by atoms with Crippen LogP contribution in [0.4, 0.5) is 10.1 Å². The summed E-state index contributed by atoms with van der Waals surface area (Å²) in [6, 6.07) is 20.9. The molecule has 0 aliphatic carbocycles. The molecule has 0 bridgehead atoms. The van der Waals surface area contributed by atoms with Crippen molar-refractivity contribution in [3.05, 3.63) is 90.2 Å². The Bertz CT molecular complexity index is 1160. The molecule has 0 heterocycles. The normalized spacial score (nSPS) is 11.1. The number of rotatable bonds is 12. The minimum Gasteiger partial charge on any atom is -0.497 e. The van der Waals surface area contributed by atoms with Crippen LogP contribution >= 0.6 is 11.8 Å². The third-order valence-electron chi connectivity index (χ3n) is 4.95. The number of thioether (sulfide) groups is 1. The maximum absolute atomic E-state index is 13.3. The molecule has 0 unspecified atom stereocenters. The lowest BCUT2D eigenvalue weighted by Crippen LogP contribution is -2.41. The summed E-state index contributed by atoms with van der Waals surface area (Å²) in [6.07, 6.45) is 0.728. The first-order chi connectivity index (χ1) is 16.4. The third-order valence-corrected chi connectivity index (χ3v) is 7.85. The summed E-state index contributed by atoms with van der Waals surface area (Å²) in [5, 5.41) is 2.80. The van der Waals surface area contributed by atoms with E-state index in [0.717, 1.165) is 27.8 Å². The van der Waals surface area contributed by atoms with Gasteiger partial charge in [-0.05, 0) is 66.3 Å². The van der Waals surface area contributed by atoms with Crippen LogP contribution in [-0.4, -0.2) is 40.3 Å². The van der Waals surface area contributed by atoms with Crippen molar-refractivity contribution in [3.8, 4) is 5.75 Å². The first-order valence-electron chi connectivity index (χ1n) is 10.7. The van der Waals surface area contributed by atoms with Crippen LogP contribution in [0.5, 0.6) is 5.75 Å². The zero-order valence-corrected chi connectivity index (χ0v) is 20.4. The molecule has 9 heteroatoms. The topological polar surface area (TPSA) is 75.7 Å². The average Bonchev–Trinajstić information content (AvgIpc) is 2.86. The molecule has 1 N–H and O–H groups in total. The number of ether oxygens (including phenoxy) is 1. The van der Waals surface area contributed by atoms with Crippen LogP contribution in [-0.2, 0) is 20.6 Å². The molecule has 0 aromatic heterocycles. The predicted octanol–water partition coefficient (Wildman–Crippen LogP) is 4.47. The molecule has 0 spiro atoms. The summed E-state index contributed by atoms with van der Waals surface area (Å²) in [7, 11) is -2.41. The zero-order valence-electron chi connectivity index (χ0n) is 18.8. The van der Waals surface area contributed by atoms with Crippen LogP contribution in [0, 0.1) is 5.82 Å². The van der Waals surface area contributed by atoms with Crippen molar-refractivity contribution in [2.24, 2.45) is 0 Å². The number of sulfonamides is 1. The standard InChI is InChI=1S/C25H27FN2O4S2/c1-32-23-14-12-22(13-15-23)28(34(30,31)24-6-3-2-4-7-24)18-25(29)27-16-5-17-33-19-20-8-10-21(26)11-9-20/h2-4,6-15H,5,16-19H2,1H3,(H,27,29). The number of hydrogen-bond acceptors (Lipinski definition) is 5. The maximum Gasteiger partial charge on any atom is 0.264 e. The molecule has 3 aromatic rings. The van der Waals surface area contributed by atoms with Gasteiger partial charge in [-0.2, -0.15) is 11.8 Å². The average molecular weight is 503 g/mol. The Morgan fingerprint density at radius 1 is 1.00 bits per heavy atom. The molecule has 180 valence electrons. The van der Waals surface area contributed by atoms with Crippen molar-refractivity contribution in [2.75, 3.05) is 30.3 Å². The van der Waals surface area contributed by atoms with Gasteiger partial charge in [-0.15, -0.1) is 0 Å². The lowest BCUT2D eigenvalue weighted by molar-refractivity contribution is -0.119. The van der Waals surface area contributed by atoms with E-state index in [4.69, 9.17) is 4.74 Å². The second-order valence-corrected chi connectivity index (χ2v) is 10.4. The van der Waals surface area contributed by atoms with Crippen molar-refractivity contribution in [1.82, 2.24) is 5.32 Å². The van der Waals surface area contributed by atoms with Crippen molar-refractivity contribution in [1.29, 1.82) is 0 Å². The lowest BCUT2D eigenvalue weighted by atomic mass is 10.2. The molecular formula is C25H27FN2O4S2. The van der Waals surface area contributed by atoms with Crippen LogP contribution in [0.3, 0.4) is 0 Å². The molecule has 3 rings (SSSR count). The quantitative estimate of drug-likeness (QED) is 0.370. The Morgan fingerprint density at radius 2 is 1.68 bits per heavy atom. The van der Waals surface area contributed by atoms with E-state index in [-0.39, 0.29) is 23.2 Å². The van der Waals surface area contributed by atoms with Gasteiger partial charge < -0.3 is 10.1 Å². The van der Waals surface area contributed by atoms with E-state index in [0.29, 0.717) is 18.0 Å². The van der Waals surface area contributed by atoms with Gasteiger partial charge in [0.25, 0.3) is 10.0 Å². The molecule has 0 aliphatic heterocycles. The molecule has 0 fully saturated rings. The van der Waals surface area contributed by atoms with Crippen molar-refractivity contribution >= 4 is 33.4 Å². The SMILES string of the molecule is COc1ccc(N(CC(=O)NCCCSCc2ccc(F)cc2)S(=O)(=O)c2ccccc2)cc1. The Balaban J connectivity index is 1.57. The highest BCUT2D eigenvalue weighted by atomic mass is 32.2. The summed E-state index contributed by atoms with van der Waals surface area (Å²) in [6.45, 7) is 0.0867. The van der Waals surface area contributed by atoms with E-state index < -0.39 is 10.0 Å². The third kappa shape index (κ3) is 7.23. The van der Waals surface area contributed by atoms with Gasteiger partial charge in [0, 0.05) is 12.3 Å². The van der Waals surface area contributed by atoms with Gasteiger partial charge in [-0.3, -0.25) is 9.10 Å². The largest absolute Gasteiger partial charge is 0.497 e. The smallest absolute Gasteiger partial charge is 0.264 e. The highest BCUT2D eigenvalue weighted by Crippen LogP contribution is 2.25. The van der Waals surface area contributed by atoms with Gasteiger partial charge in [0.05, 0.1) is 17.7 Å². The minimum atomic E-state index is -3.94. The number of halogens is 1. The van der Waals surface area contributed by atoms with Crippen molar-refractivity contribution < 1.29 is 22.3 Å². The van der Waals surface area contributed by atoms with Crippen LogP contribution < -0.4 is 14.4 Å². The molecule has 3 aromatic carbocycles. The number of amides is 1. The number of hydrogen-bond donors (Lipinski definition) is 1. The fourth-order valence-corrected chi connectivity index (χ4v) is 5.51. The van der Waals surface area contributed by atoms with Crippen LogP contribution in [0.15, 0.2) is 83.8 Å². The number of benzene rings is 3. The summed E-state index contributed by atoms with van der Waals surface area (Å²) in [5.41, 5.74) is 1.41. The van der Waals surface area contributed by atoms with Gasteiger partial charge in [0.2, 0.25) is 5.91 Å². The summed E-state index contributed by atoms with van der Waals surface area (Å²) in [5.74, 6) is 1.51. The monoisotopic (exact) mass is 502 g/mol. The molecule has 0 radical (unpaired) electrons. The van der Waals surface area contributed by atoms with E-state index in [1.54, 1.807) is 66.4 Å². The van der Waals surface area contributed by atoms with Gasteiger partial charge in [-0.25, -0.2) is 12.8 Å². The maximum atomic E-state index is 13.3. The van der Waals surface area contributed by atoms with Crippen molar-refractivity contribution in [3.63, 3.8) is 0 Å². The highest BCUT2D eigenvalue weighted by molar-refractivity contribution is 7.98. The second kappa shape index (κ2) is 12.4. The van der Waals surface area contributed by atoms with Gasteiger partial charge in [-0.1, -0.05) is 30.3 Å². The first-order valence-corrected chi connectivity index (χ1v) is 13.3. The summed E-state index contributed by atoms with van der Waals surface area (Å²) < 4.78 is 45.8. The number of anilines is 1. The number of carbonyl (C=O) groups excluding carboxylic acids is 1. The lowest BCUT2D eigenvalue weighted by Gasteiger charge is -2.24. The number of carbonyl (C=O) groups is 1. The molecule has 0 aliphatic rings. The van der Waals surface area contributed by atoms with Crippen molar-refractivity contribution in [2.45, 2.75) is 17.1 Å². The molecule has 34 heavy (non-hydrogen) atoms. The molecule has 0 saturated carbocycles. The van der Waals surface area contributed by atoms with Gasteiger partial charge >= 0.3 is 0 Å². The van der Waals surface area contributed by atoms with E-state index in [1.807, 2.05) is 0 Å². The van der Waals surface area contributed by atoms with Crippen LogP contribution in [0.25, 0.3) is 0 Å². The van der Waals surface area contributed by atoms with E-state index in [1.165, 1.54) is 31.4 Å². The van der Waals surface area contributed by atoms with Crippen LogP contribution in [0.2, 0.25) is 0 Å². The zero-order chi connectivity index (χ0) is 24.4. The Hall–Kier alpha value is -3.04. The van der Waals surface area contributed by atoms with Crippen LogP contribution in [0.1, 0.15) is 12.0 Å². The van der Waals surface area contributed by atoms with E-state index in [9.17, 15) is 17.6 Å². The fourth-order valence-electron chi connectivity index (χ4n) is 3.14. The highest BCUT2D eigenvalue weighted by Gasteiger charge is 2.27. The molecular weight excluding hydrogens is 475 g/mol. The number of nitrogens with one attached hydrogen (secondary N) is 1. The van der Waals surface area contributed by atoms with E-state index >= 15 is 0 Å². The minimum absolute atomic E-state index is 0.107. The fraction of sp³-hybridized carbons (Fsp3) is 0.240. The predicted molar refractivity (Wildman–Crippen MR) is 134 cm³/mol. The molecule has 0 atom stereocenters. The number of methoxy groups -OCH3 is 1. The summed E-state index contributed by atoms with van der Waals surface area (Å²) in [4.78, 5) is 12.7.